The minimum absolute atomic E-state index is 0.160. The highest BCUT2D eigenvalue weighted by atomic mass is 16.5. The zero-order valence-corrected chi connectivity index (χ0v) is 11.5. The molecule has 2 aromatic rings. The molecule has 0 amide bonds. The van der Waals surface area contributed by atoms with Crippen molar-refractivity contribution in [3.8, 4) is 5.75 Å². The van der Waals surface area contributed by atoms with E-state index in [1.807, 2.05) is 6.92 Å². The molecule has 2 N–H and O–H groups in total. The third-order valence-corrected chi connectivity index (χ3v) is 2.68. The van der Waals surface area contributed by atoms with Crippen molar-refractivity contribution in [3.05, 3.63) is 41.7 Å². The first-order valence-electron chi connectivity index (χ1n) is 6.27. The molecule has 0 atom stereocenters. The van der Waals surface area contributed by atoms with Crippen LogP contribution in [0.3, 0.4) is 0 Å². The normalized spacial score (nSPS) is 10.3. The van der Waals surface area contributed by atoms with Gasteiger partial charge in [-0.15, -0.1) is 0 Å². The molecule has 106 valence electrons. The third kappa shape index (κ3) is 3.09. The lowest BCUT2D eigenvalue weighted by Gasteiger charge is -2.11. The number of nitrogens with zero attached hydrogens (tertiary/aromatic N) is 2. The molecule has 1 heterocycles. The average Bonchev–Trinajstić information content (AvgIpc) is 2.84. The SMILES string of the molecule is CCOc1c(N)cccc1C(=O)OCc1cnn(C)c1. The van der Waals surface area contributed by atoms with Crippen molar-refractivity contribution in [1.29, 1.82) is 0 Å². The van der Waals surface area contributed by atoms with Gasteiger partial charge < -0.3 is 15.2 Å². The lowest BCUT2D eigenvalue weighted by molar-refractivity contribution is 0.0468. The third-order valence-electron chi connectivity index (χ3n) is 2.68. The van der Waals surface area contributed by atoms with E-state index in [1.165, 1.54) is 0 Å². The predicted molar refractivity (Wildman–Crippen MR) is 74.4 cm³/mol. The Morgan fingerprint density at radius 1 is 1.45 bits per heavy atom. The van der Waals surface area contributed by atoms with E-state index in [0.29, 0.717) is 23.6 Å². The summed E-state index contributed by atoms with van der Waals surface area (Å²) in [7, 11) is 1.80. The van der Waals surface area contributed by atoms with E-state index in [2.05, 4.69) is 5.10 Å². The zero-order valence-electron chi connectivity index (χ0n) is 11.5. The first-order valence-corrected chi connectivity index (χ1v) is 6.27. The van der Waals surface area contributed by atoms with Gasteiger partial charge in [0, 0.05) is 18.8 Å². The molecule has 0 aliphatic carbocycles. The summed E-state index contributed by atoms with van der Waals surface area (Å²) in [6, 6.07) is 5.01. The monoisotopic (exact) mass is 275 g/mol. The van der Waals surface area contributed by atoms with Crippen LogP contribution in [0.4, 0.5) is 5.69 Å². The highest BCUT2D eigenvalue weighted by molar-refractivity contribution is 5.94. The van der Waals surface area contributed by atoms with E-state index in [0.717, 1.165) is 5.56 Å². The van der Waals surface area contributed by atoms with E-state index < -0.39 is 5.97 Å². The van der Waals surface area contributed by atoms with Crippen LogP contribution in [-0.2, 0) is 18.4 Å². The van der Waals surface area contributed by atoms with Crippen LogP contribution in [0.2, 0.25) is 0 Å². The van der Waals surface area contributed by atoms with E-state index in [4.69, 9.17) is 15.2 Å². The zero-order chi connectivity index (χ0) is 14.5. The van der Waals surface area contributed by atoms with Crippen LogP contribution in [0.25, 0.3) is 0 Å². The maximum atomic E-state index is 12.1. The van der Waals surface area contributed by atoms with Crippen LogP contribution in [0.1, 0.15) is 22.8 Å². The van der Waals surface area contributed by atoms with Crippen molar-refractivity contribution in [1.82, 2.24) is 9.78 Å². The molecule has 6 heteroatoms. The summed E-state index contributed by atoms with van der Waals surface area (Å²) >= 11 is 0. The summed E-state index contributed by atoms with van der Waals surface area (Å²) < 4.78 is 12.3. The second-order valence-corrected chi connectivity index (χ2v) is 4.26. The van der Waals surface area contributed by atoms with Crippen LogP contribution in [0.5, 0.6) is 5.75 Å². The standard InChI is InChI=1S/C14H17N3O3/c1-3-19-13-11(5-4-6-12(13)15)14(18)20-9-10-7-16-17(2)8-10/h4-8H,3,9,15H2,1-2H3. The van der Waals surface area contributed by atoms with Gasteiger partial charge in [-0.3, -0.25) is 4.68 Å². The molecule has 1 aromatic heterocycles. The highest BCUT2D eigenvalue weighted by Gasteiger charge is 2.16. The number of nitrogens with two attached hydrogens (primary N) is 1. The minimum Gasteiger partial charge on any atom is -0.491 e. The van der Waals surface area contributed by atoms with E-state index in [-0.39, 0.29) is 6.61 Å². The molecular weight excluding hydrogens is 258 g/mol. The van der Waals surface area contributed by atoms with Gasteiger partial charge in [0.1, 0.15) is 12.2 Å². The van der Waals surface area contributed by atoms with Crippen LogP contribution in [0.15, 0.2) is 30.6 Å². The number of carbonyl (C=O) groups excluding carboxylic acids is 1. The summed E-state index contributed by atoms with van der Waals surface area (Å²) in [6.07, 6.45) is 3.44. The lowest BCUT2D eigenvalue weighted by atomic mass is 10.1. The first kappa shape index (κ1) is 13.9. The smallest absolute Gasteiger partial charge is 0.342 e. The number of aromatic nitrogens is 2. The summed E-state index contributed by atoms with van der Waals surface area (Å²) in [5, 5.41) is 4.01. The maximum Gasteiger partial charge on any atom is 0.342 e. The molecule has 6 nitrogen and oxygen atoms in total. The number of hydrogen-bond donors (Lipinski definition) is 1. The topological polar surface area (TPSA) is 79.4 Å². The number of rotatable bonds is 5. The fraction of sp³-hybridized carbons (Fsp3) is 0.286. The summed E-state index contributed by atoms with van der Waals surface area (Å²) in [6.45, 7) is 2.42. The quantitative estimate of drug-likeness (QED) is 0.664. The van der Waals surface area contributed by atoms with Gasteiger partial charge in [0.25, 0.3) is 0 Å². The van der Waals surface area contributed by atoms with Crippen LogP contribution in [0, 0.1) is 0 Å². The van der Waals surface area contributed by atoms with Crippen LogP contribution >= 0.6 is 0 Å². The van der Waals surface area contributed by atoms with Crippen molar-refractivity contribution in [2.45, 2.75) is 13.5 Å². The predicted octanol–water partition coefficient (Wildman–Crippen LogP) is 1.76. The number of benzene rings is 1. The molecule has 2 rings (SSSR count). The highest BCUT2D eigenvalue weighted by Crippen LogP contribution is 2.27. The second kappa shape index (κ2) is 6.10. The molecule has 0 spiro atoms. The minimum atomic E-state index is -0.468. The Hall–Kier alpha value is -2.50. The van der Waals surface area contributed by atoms with Gasteiger partial charge in [0.05, 0.1) is 18.5 Å². The van der Waals surface area contributed by atoms with Crippen LogP contribution in [-0.4, -0.2) is 22.4 Å². The fourth-order valence-corrected chi connectivity index (χ4v) is 1.79. The number of anilines is 1. The van der Waals surface area contributed by atoms with Gasteiger partial charge in [0.2, 0.25) is 0 Å². The second-order valence-electron chi connectivity index (χ2n) is 4.26. The number of para-hydroxylation sites is 1. The van der Waals surface area contributed by atoms with Crippen molar-refractivity contribution in [3.63, 3.8) is 0 Å². The molecule has 0 radical (unpaired) electrons. The van der Waals surface area contributed by atoms with Gasteiger partial charge >= 0.3 is 5.97 Å². The molecular formula is C14H17N3O3. The molecule has 0 aliphatic heterocycles. The largest absolute Gasteiger partial charge is 0.491 e. The Morgan fingerprint density at radius 2 is 2.25 bits per heavy atom. The molecule has 0 saturated carbocycles. The number of aryl methyl sites for hydroxylation is 1. The van der Waals surface area contributed by atoms with Gasteiger partial charge in [-0.1, -0.05) is 6.07 Å². The van der Waals surface area contributed by atoms with Gasteiger partial charge in [0.15, 0.2) is 5.75 Å². The Labute approximate surface area is 117 Å². The average molecular weight is 275 g/mol. The van der Waals surface area contributed by atoms with Crippen molar-refractivity contribution in [2.75, 3.05) is 12.3 Å². The molecule has 0 aliphatic rings. The number of esters is 1. The van der Waals surface area contributed by atoms with Gasteiger partial charge in [-0.25, -0.2) is 4.79 Å². The Kier molecular flexibility index (Phi) is 4.24. The number of ether oxygens (including phenoxy) is 2. The lowest BCUT2D eigenvalue weighted by Crippen LogP contribution is -2.09. The van der Waals surface area contributed by atoms with Crippen molar-refractivity contribution >= 4 is 11.7 Å². The van der Waals surface area contributed by atoms with Crippen molar-refractivity contribution < 1.29 is 14.3 Å². The summed E-state index contributed by atoms with van der Waals surface area (Å²) in [5.74, 6) is -0.101. The number of carbonyl (C=O) groups is 1. The molecule has 0 fully saturated rings. The summed E-state index contributed by atoms with van der Waals surface area (Å²) in [4.78, 5) is 12.1. The van der Waals surface area contributed by atoms with E-state index >= 15 is 0 Å². The molecule has 20 heavy (non-hydrogen) atoms. The molecule has 0 saturated heterocycles. The van der Waals surface area contributed by atoms with Crippen LogP contribution < -0.4 is 10.5 Å². The molecule has 0 unspecified atom stereocenters. The summed E-state index contributed by atoms with van der Waals surface area (Å²) in [5.41, 5.74) is 7.38. The Balaban J connectivity index is 2.10. The fourth-order valence-electron chi connectivity index (χ4n) is 1.79. The Bertz CT molecular complexity index is 607. The Morgan fingerprint density at radius 3 is 2.90 bits per heavy atom. The number of nitrogen functional groups attached to an aromatic ring is 1. The molecule has 0 bridgehead atoms. The van der Waals surface area contributed by atoms with Crippen molar-refractivity contribution in [2.24, 2.45) is 7.05 Å². The van der Waals surface area contributed by atoms with Gasteiger partial charge in [-0.2, -0.15) is 5.10 Å². The first-order chi connectivity index (χ1) is 9.61. The number of hydrogen-bond acceptors (Lipinski definition) is 5. The molecule has 1 aromatic carbocycles. The van der Waals surface area contributed by atoms with E-state index in [9.17, 15) is 4.79 Å². The van der Waals surface area contributed by atoms with Gasteiger partial charge in [-0.05, 0) is 19.1 Å². The van der Waals surface area contributed by atoms with E-state index in [1.54, 1.807) is 42.3 Å². The maximum absolute atomic E-state index is 12.1.